The van der Waals surface area contributed by atoms with E-state index in [2.05, 4.69) is 74.3 Å². The molecular formula is C18H44O2Si3. The third-order valence-corrected chi connectivity index (χ3v) is 16.5. The predicted octanol–water partition coefficient (Wildman–Crippen LogP) is 6.74. The Morgan fingerprint density at radius 2 is 1.26 bits per heavy atom. The van der Waals surface area contributed by atoms with Crippen LogP contribution in [0.2, 0.25) is 61.9 Å². The van der Waals surface area contributed by atoms with E-state index in [1.807, 2.05) is 0 Å². The van der Waals surface area contributed by atoms with Crippen LogP contribution in [0.5, 0.6) is 0 Å². The van der Waals surface area contributed by atoms with E-state index in [1.54, 1.807) is 0 Å². The second-order valence-electron chi connectivity index (χ2n) is 9.82. The SMILES string of the molecule is CC[Si](CC)(CC)OC[C@@H](C[Si](C)(C)C)O[Si](C)(C)C(C)(C)C. The topological polar surface area (TPSA) is 18.5 Å². The Hall–Kier alpha value is 0.571. The van der Waals surface area contributed by atoms with Crippen LogP contribution in [0.25, 0.3) is 0 Å². The van der Waals surface area contributed by atoms with Crippen LogP contribution in [-0.4, -0.2) is 37.4 Å². The monoisotopic (exact) mass is 376 g/mol. The van der Waals surface area contributed by atoms with Gasteiger partial charge in [0.2, 0.25) is 0 Å². The molecule has 0 spiro atoms. The molecule has 0 saturated heterocycles. The van der Waals surface area contributed by atoms with E-state index in [0.29, 0.717) is 6.10 Å². The minimum atomic E-state index is -1.74. The molecule has 0 fully saturated rings. The summed E-state index contributed by atoms with van der Waals surface area (Å²) in [6.07, 6.45) is 0.291. The maximum absolute atomic E-state index is 6.78. The van der Waals surface area contributed by atoms with Crippen molar-refractivity contribution in [1.82, 2.24) is 0 Å². The highest BCUT2D eigenvalue weighted by Crippen LogP contribution is 2.38. The zero-order valence-electron chi connectivity index (χ0n) is 17.9. The molecule has 0 N–H and O–H groups in total. The zero-order chi connectivity index (χ0) is 18.5. The summed E-state index contributed by atoms with van der Waals surface area (Å²) in [4.78, 5) is 0. The number of hydrogen-bond donors (Lipinski definition) is 0. The van der Waals surface area contributed by atoms with Crippen molar-refractivity contribution in [2.24, 2.45) is 0 Å². The van der Waals surface area contributed by atoms with Gasteiger partial charge in [0.25, 0.3) is 0 Å². The zero-order valence-corrected chi connectivity index (χ0v) is 20.9. The second-order valence-corrected chi connectivity index (χ2v) is 24.9. The standard InChI is InChI=1S/C18H44O2Si3/c1-12-23(13-2,14-3)19-15-17(16-21(7,8)9)20-22(10,11)18(4,5)6/h17H,12-16H2,1-11H3/t17-/m0/s1. The Morgan fingerprint density at radius 3 is 1.57 bits per heavy atom. The maximum atomic E-state index is 6.78. The van der Waals surface area contributed by atoms with Crippen molar-refractivity contribution >= 4 is 24.7 Å². The summed E-state index contributed by atoms with van der Waals surface area (Å²) in [7, 11) is -4.44. The summed E-state index contributed by atoms with van der Waals surface area (Å²) < 4.78 is 13.4. The van der Waals surface area contributed by atoms with Gasteiger partial charge in [-0.1, -0.05) is 61.2 Å². The van der Waals surface area contributed by atoms with Gasteiger partial charge in [-0.2, -0.15) is 0 Å². The van der Waals surface area contributed by atoms with E-state index >= 15 is 0 Å². The van der Waals surface area contributed by atoms with Gasteiger partial charge in [-0.05, 0) is 42.3 Å². The van der Waals surface area contributed by atoms with Gasteiger partial charge in [-0.3, -0.25) is 0 Å². The summed E-state index contributed by atoms with van der Waals surface area (Å²) >= 11 is 0. The van der Waals surface area contributed by atoms with Gasteiger partial charge in [0.05, 0.1) is 12.7 Å². The van der Waals surface area contributed by atoms with E-state index in [0.717, 1.165) is 6.61 Å². The average Bonchev–Trinajstić information content (AvgIpc) is 2.37. The van der Waals surface area contributed by atoms with Crippen molar-refractivity contribution in [2.45, 2.75) is 110 Å². The van der Waals surface area contributed by atoms with Gasteiger partial charge in [-0.25, -0.2) is 0 Å². The van der Waals surface area contributed by atoms with E-state index in [1.165, 1.54) is 24.2 Å². The molecule has 0 saturated carbocycles. The summed E-state index contributed by atoms with van der Waals surface area (Å²) in [6.45, 7) is 26.8. The number of hydrogen-bond acceptors (Lipinski definition) is 2. The van der Waals surface area contributed by atoms with Crippen LogP contribution in [0, 0.1) is 0 Å². The average molecular weight is 377 g/mol. The lowest BCUT2D eigenvalue weighted by atomic mass is 10.2. The summed E-state index contributed by atoms with van der Waals surface area (Å²) in [6, 6.07) is 4.88. The van der Waals surface area contributed by atoms with Crippen molar-refractivity contribution < 1.29 is 8.85 Å². The molecule has 1 atom stereocenters. The highest BCUT2D eigenvalue weighted by Gasteiger charge is 2.40. The van der Waals surface area contributed by atoms with Gasteiger partial charge < -0.3 is 8.85 Å². The molecule has 0 amide bonds. The van der Waals surface area contributed by atoms with Crippen molar-refractivity contribution in [2.75, 3.05) is 6.61 Å². The fourth-order valence-electron chi connectivity index (χ4n) is 2.74. The van der Waals surface area contributed by atoms with Gasteiger partial charge >= 0.3 is 0 Å². The van der Waals surface area contributed by atoms with Crippen LogP contribution in [0.1, 0.15) is 41.5 Å². The molecular weight excluding hydrogens is 332 g/mol. The summed E-state index contributed by atoms with van der Waals surface area (Å²) in [5.41, 5.74) is 0. The Labute approximate surface area is 150 Å². The third-order valence-electron chi connectivity index (χ3n) is 5.62. The lowest BCUT2D eigenvalue weighted by molar-refractivity contribution is 0.122. The van der Waals surface area contributed by atoms with Crippen molar-refractivity contribution in [3.63, 3.8) is 0 Å². The molecule has 0 heterocycles. The van der Waals surface area contributed by atoms with Crippen LogP contribution in [0.15, 0.2) is 0 Å². The maximum Gasteiger partial charge on any atom is 0.192 e. The van der Waals surface area contributed by atoms with Gasteiger partial charge in [0.15, 0.2) is 16.6 Å². The number of rotatable bonds is 10. The predicted molar refractivity (Wildman–Crippen MR) is 113 cm³/mol. The molecule has 0 aliphatic rings. The Kier molecular flexibility index (Phi) is 9.01. The molecule has 0 rings (SSSR count). The van der Waals surface area contributed by atoms with Gasteiger partial charge in [-0.15, -0.1) is 0 Å². The first-order chi connectivity index (χ1) is 10.2. The smallest absolute Gasteiger partial charge is 0.192 e. The Balaban J connectivity index is 5.11. The van der Waals surface area contributed by atoms with Gasteiger partial charge in [0, 0.05) is 8.07 Å². The lowest BCUT2D eigenvalue weighted by Gasteiger charge is -2.41. The summed E-state index contributed by atoms with van der Waals surface area (Å²) in [5.74, 6) is 0. The largest absolute Gasteiger partial charge is 0.414 e. The molecule has 0 aliphatic carbocycles. The first-order valence-electron chi connectivity index (χ1n) is 9.53. The molecule has 0 aromatic rings. The summed E-state index contributed by atoms with van der Waals surface area (Å²) in [5, 5.41) is 0.263. The lowest BCUT2D eigenvalue weighted by Crippen LogP contribution is -2.48. The fraction of sp³-hybridized carbons (Fsp3) is 1.00. The molecule has 23 heavy (non-hydrogen) atoms. The molecule has 140 valence electrons. The van der Waals surface area contributed by atoms with E-state index in [-0.39, 0.29) is 5.04 Å². The van der Waals surface area contributed by atoms with E-state index in [9.17, 15) is 0 Å². The van der Waals surface area contributed by atoms with E-state index < -0.39 is 24.7 Å². The molecule has 0 radical (unpaired) electrons. The second kappa shape index (κ2) is 8.79. The molecule has 0 aromatic heterocycles. The molecule has 2 nitrogen and oxygen atoms in total. The molecule has 0 aliphatic heterocycles. The van der Waals surface area contributed by atoms with Crippen LogP contribution < -0.4 is 0 Å². The molecule has 0 aromatic carbocycles. The van der Waals surface area contributed by atoms with Crippen LogP contribution in [-0.2, 0) is 8.85 Å². The first kappa shape index (κ1) is 23.6. The molecule has 0 unspecified atom stereocenters. The minimum absolute atomic E-state index is 0.263. The Morgan fingerprint density at radius 1 is 0.826 bits per heavy atom. The van der Waals surface area contributed by atoms with Gasteiger partial charge in [0.1, 0.15) is 0 Å². The normalized spacial score (nSPS) is 15.8. The molecule has 5 heteroatoms. The quantitative estimate of drug-likeness (QED) is 0.393. The fourth-order valence-corrected chi connectivity index (χ4v) is 8.46. The van der Waals surface area contributed by atoms with Crippen molar-refractivity contribution in [3.05, 3.63) is 0 Å². The van der Waals surface area contributed by atoms with Crippen LogP contribution >= 0.6 is 0 Å². The van der Waals surface area contributed by atoms with Crippen LogP contribution in [0.3, 0.4) is 0 Å². The van der Waals surface area contributed by atoms with Crippen molar-refractivity contribution in [3.8, 4) is 0 Å². The van der Waals surface area contributed by atoms with Crippen molar-refractivity contribution in [1.29, 1.82) is 0 Å². The highest BCUT2D eigenvalue weighted by molar-refractivity contribution is 6.77. The Bertz CT molecular complexity index is 331. The van der Waals surface area contributed by atoms with Crippen LogP contribution in [0.4, 0.5) is 0 Å². The minimum Gasteiger partial charge on any atom is -0.414 e. The first-order valence-corrected chi connectivity index (χ1v) is 18.7. The molecule has 0 bridgehead atoms. The highest BCUT2D eigenvalue weighted by atomic mass is 28.4. The third kappa shape index (κ3) is 7.99. The van der Waals surface area contributed by atoms with E-state index in [4.69, 9.17) is 8.85 Å².